The molecule has 11 heteroatoms. The van der Waals surface area contributed by atoms with Crippen molar-refractivity contribution in [1.82, 2.24) is 10.6 Å². The molecule has 0 aromatic heterocycles. The van der Waals surface area contributed by atoms with Crippen LogP contribution in [0, 0.1) is 0 Å². The van der Waals surface area contributed by atoms with Crippen LogP contribution in [0.3, 0.4) is 0 Å². The maximum absolute atomic E-state index is 12.0. The summed E-state index contributed by atoms with van der Waals surface area (Å²) >= 11 is 0. The summed E-state index contributed by atoms with van der Waals surface area (Å²) in [6, 6.07) is 19.1. The van der Waals surface area contributed by atoms with Gasteiger partial charge in [0.25, 0.3) is 0 Å². The van der Waals surface area contributed by atoms with Crippen LogP contribution in [0.15, 0.2) is 65.7 Å². The number of nitrogens with zero attached hydrogens (tertiary/aromatic N) is 1. The number of benzene rings is 2. The molecule has 10 nitrogen and oxygen atoms in total. The zero-order valence-corrected chi connectivity index (χ0v) is 23.3. The van der Waals surface area contributed by atoms with Crippen molar-refractivity contribution in [3.05, 3.63) is 71.8 Å². The first-order valence-corrected chi connectivity index (χ1v) is 12.6. The van der Waals surface area contributed by atoms with E-state index in [1.54, 1.807) is 13.8 Å². The van der Waals surface area contributed by atoms with Crippen LogP contribution >= 0.6 is 12.4 Å². The SMILES string of the molecule is CC(=O)OC[C@H](NC(=NCc1ccccc1)NCc1ccccc1)[C@H]1O[C@@H]2OC(C)(C)O[C@@H]2[C@H]1OC(C)=O.Cl. The maximum atomic E-state index is 12.0. The number of aliphatic imine (C=N–C) groups is 1. The van der Waals surface area contributed by atoms with Crippen LogP contribution in [-0.2, 0) is 46.4 Å². The highest BCUT2D eigenvalue weighted by Crippen LogP contribution is 2.39. The van der Waals surface area contributed by atoms with Crippen molar-refractivity contribution in [3.8, 4) is 0 Å². The van der Waals surface area contributed by atoms with E-state index in [2.05, 4.69) is 10.6 Å². The van der Waals surface area contributed by atoms with Crippen molar-refractivity contribution in [2.24, 2.45) is 4.99 Å². The molecule has 0 bridgehead atoms. The number of ether oxygens (including phenoxy) is 5. The van der Waals surface area contributed by atoms with Crippen LogP contribution in [0.25, 0.3) is 0 Å². The Morgan fingerprint density at radius 2 is 1.62 bits per heavy atom. The molecule has 2 heterocycles. The fourth-order valence-electron chi connectivity index (χ4n) is 4.44. The second-order valence-corrected chi connectivity index (χ2v) is 9.69. The third-order valence-electron chi connectivity index (χ3n) is 6.08. The highest BCUT2D eigenvalue weighted by atomic mass is 35.5. The molecule has 2 fully saturated rings. The quantitative estimate of drug-likeness (QED) is 0.270. The van der Waals surface area contributed by atoms with Crippen molar-refractivity contribution < 1.29 is 33.3 Å². The highest BCUT2D eigenvalue weighted by molar-refractivity contribution is 5.85. The van der Waals surface area contributed by atoms with Gasteiger partial charge in [-0.1, -0.05) is 60.7 Å². The number of hydrogen-bond acceptors (Lipinski definition) is 8. The minimum atomic E-state index is -0.892. The lowest BCUT2D eigenvalue weighted by Crippen LogP contribution is -2.55. The lowest BCUT2D eigenvalue weighted by molar-refractivity contribution is -0.222. The molecule has 0 unspecified atom stereocenters. The van der Waals surface area contributed by atoms with Crippen molar-refractivity contribution in [3.63, 3.8) is 0 Å². The number of carbonyl (C=O) groups excluding carboxylic acids is 2. The summed E-state index contributed by atoms with van der Waals surface area (Å²) in [5.74, 6) is -1.35. The van der Waals surface area contributed by atoms with E-state index in [1.807, 2.05) is 60.7 Å². The van der Waals surface area contributed by atoms with Crippen molar-refractivity contribution in [2.75, 3.05) is 6.61 Å². The third-order valence-corrected chi connectivity index (χ3v) is 6.08. The molecule has 0 amide bonds. The number of carbonyl (C=O) groups is 2. The molecule has 0 saturated carbocycles. The molecule has 2 aromatic carbocycles. The summed E-state index contributed by atoms with van der Waals surface area (Å²) in [5, 5.41) is 6.68. The zero-order valence-electron chi connectivity index (χ0n) is 22.5. The van der Waals surface area contributed by atoms with Gasteiger partial charge in [0.1, 0.15) is 12.7 Å². The summed E-state index contributed by atoms with van der Waals surface area (Å²) < 4.78 is 29.1. The molecule has 0 radical (unpaired) electrons. The Kier molecular flexibility index (Phi) is 10.7. The molecule has 5 atom stereocenters. The summed E-state index contributed by atoms with van der Waals surface area (Å²) in [6.07, 6.45) is -2.92. The van der Waals surface area contributed by atoms with Crippen molar-refractivity contribution >= 4 is 30.3 Å². The molecular formula is C28H36ClN3O7. The minimum absolute atomic E-state index is 0. The zero-order chi connectivity index (χ0) is 27.1. The second kappa shape index (κ2) is 13.7. The Morgan fingerprint density at radius 1 is 0.974 bits per heavy atom. The highest BCUT2D eigenvalue weighted by Gasteiger charge is 2.58. The third kappa shape index (κ3) is 8.66. The first-order valence-electron chi connectivity index (χ1n) is 12.6. The largest absolute Gasteiger partial charge is 0.464 e. The number of halogens is 1. The normalized spacial score (nSPS) is 24.2. The fourth-order valence-corrected chi connectivity index (χ4v) is 4.44. The van der Waals surface area contributed by atoms with Gasteiger partial charge in [0.2, 0.25) is 0 Å². The summed E-state index contributed by atoms with van der Waals surface area (Å²) in [4.78, 5) is 28.5. The number of hydrogen-bond donors (Lipinski definition) is 2. The average Bonchev–Trinajstić information content (AvgIpc) is 3.35. The average molecular weight is 562 g/mol. The Balaban J connectivity index is 0.00000420. The topological polar surface area (TPSA) is 117 Å². The Morgan fingerprint density at radius 3 is 2.23 bits per heavy atom. The second-order valence-electron chi connectivity index (χ2n) is 9.69. The molecule has 4 rings (SSSR count). The molecule has 2 N–H and O–H groups in total. The first-order chi connectivity index (χ1) is 18.2. The smallest absolute Gasteiger partial charge is 0.303 e. The molecule has 2 aliphatic rings. The number of guanidine groups is 1. The van der Waals surface area contributed by atoms with Gasteiger partial charge in [-0.2, -0.15) is 0 Å². The van der Waals surface area contributed by atoms with E-state index < -0.39 is 48.4 Å². The molecule has 39 heavy (non-hydrogen) atoms. The van der Waals surface area contributed by atoms with Gasteiger partial charge in [-0.15, -0.1) is 12.4 Å². The van der Waals surface area contributed by atoms with E-state index in [4.69, 9.17) is 28.7 Å². The molecule has 212 valence electrons. The van der Waals surface area contributed by atoms with Gasteiger partial charge in [-0.3, -0.25) is 9.59 Å². The van der Waals surface area contributed by atoms with E-state index in [0.717, 1.165) is 11.1 Å². The minimum Gasteiger partial charge on any atom is -0.464 e. The predicted molar refractivity (Wildman–Crippen MR) is 146 cm³/mol. The monoisotopic (exact) mass is 561 g/mol. The number of nitrogens with one attached hydrogen (secondary N) is 2. The van der Waals surface area contributed by atoms with Gasteiger partial charge in [0, 0.05) is 20.4 Å². The van der Waals surface area contributed by atoms with E-state index >= 15 is 0 Å². The van der Waals surface area contributed by atoms with Crippen LogP contribution in [0.5, 0.6) is 0 Å². The van der Waals surface area contributed by atoms with Gasteiger partial charge in [0.05, 0.1) is 12.6 Å². The Labute approximate surface area is 234 Å². The Hall–Kier alpha value is -3.18. The maximum Gasteiger partial charge on any atom is 0.303 e. The fraction of sp³-hybridized carbons (Fsp3) is 0.464. The standard InChI is InChI=1S/C28H35N3O7.ClH/c1-18(32)34-17-22(23-24(35-19(2)33)25-26(36-23)38-28(3,4)37-25)31-27(29-15-20-11-7-5-8-12-20)30-16-21-13-9-6-10-14-21;/h5-14,22-26H,15-17H2,1-4H3,(H2,29,30,31);1H/t22-,23+,24-,25+,26+;/m0./s1. The lowest BCUT2D eigenvalue weighted by atomic mass is 10.0. The van der Waals surface area contributed by atoms with Crippen LogP contribution in [0.4, 0.5) is 0 Å². The van der Waals surface area contributed by atoms with E-state index in [-0.39, 0.29) is 19.0 Å². The molecular weight excluding hydrogens is 526 g/mol. The molecule has 2 aromatic rings. The van der Waals surface area contributed by atoms with Crippen LogP contribution in [0.1, 0.15) is 38.8 Å². The van der Waals surface area contributed by atoms with E-state index in [0.29, 0.717) is 19.0 Å². The van der Waals surface area contributed by atoms with E-state index in [1.165, 1.54) is 13.8 Å². The summed E-state index contributed by atoms with van der Waals surface area (Å²) in [7, 11) is 0. The summed E-state index contributed by atoms with van der Waals surface area (Å²) in [6.45, 7) is 7.06. The van der Waals surface area contributed by atoms with Crippen LogP contribution in [-0.4, -0.2) is 60.9 Å². The van der Waals surface area contributed by atoms with Crippen molar-refractivity contribution in [2.45, 2.75) is 77.2 Å². The lowest BCUT2D eigenvalue weighted by Gasteiger charge is -2.31. The Bertz CT molecular complexity index is 1120. The molecule has 2 aliphatic heterocycles. The molecule has 0 spiro atoms. The van der Waals surface area contributed by atoms with Gasteiger partial charge >= 0.3 is 11.9 Å². The molecule has 0 aliphatic carbocycles. The predicted octanol–water partition coefficient (Wildman–Crippen LogP) is 3.08. The van der Waals surface area contributed by atoms with Gasteiger partial charge in [-0.05, 0) is 25.0 Å². The first kappa shape index (κ1) is 30.4. The number of esters is 2. The van der Waals surface area contributed by atoms with Gasteiger partial charge in [0.15, 0.2) is 30.2 Å². The number of fused-ring (bicyclic) bond motifs is 1. The van der Waals surface area contributed by atoms with Crippen LogP contribution in [0.2, 0.25) is 0 Å². The summed E-state index contributed by atoms with van der Waals surface area (Å²) in [5.41, 5.74) is 2.09. The van der Waals surface area contributed by atoms with Crippen LogP contribution < -0.4 is 10.6 Å². The van der Waals surface area contributed by atoms with E-state index in [9.17, 15) is 9.59 Å². The molecule has 2 saturated heterocycles. The number of rotatable bonds is 9. The van der Waals surface area contributed by atoms with Gasteiger partial charge < -0.3 is 34.3 Å². The van der Waals surface area contributed by atoms with Gasteiger partial charge in [-0.25, -0.2) is 4.99 Å². The van der Waals surface area contributed by atoms with Crippen molar-refractivity contribution in [1.29, 1.82) is 0 Å².